The number of hydrogen-bond acceptors (Lipinski definition) is 4. The fourth-order valence-corrected chi connectivity index (χ4v) is 3.23. The largest absolute Gasteiger partial charge is 0.379 e. The summed E-state index contributed by atoms with van der Waals surface area (Å²) in [5.74, 6) is 0.361. The van der Waals surface area contributed by atoms with Gasteiger partial charge in [-0.15, -0.1) is 0 Å². The monoisotopic (exact) mass is 339 g/mol. The average Bonchev–Trinajstić information content (AvgIpc) is 3.03. The third-order valence-corrected chi connectivity index (χ3v) is 4.50. The van der Waals surface area contributed by atoms with Crippen LogP contribution in [-0.4, -0.2) is 48.6 Å². The van der Waals surface area contributed by atoms with Crippen molar-refractivity contribution in [2.75, 3.05) is 26.8 Å². The molecule has 1 aromatic carbocycles. The highest BCUT2D eigenvalue weighted by Crippen LogP contribution is 2.19. The Labute approximate surface area is 149 Å². The van der Waals surface area contributed by atoms with E-state index in [9.17, 15) is 4.79 Å². The van der Waals surface area contributed by atoms with Crippen molar-refractivity contribution in [1.82, 2.24) is 15.2 Å². The topological polar surface area (TPSA) is 54.5 Å². The summed E-state index contributed by atoms with van der Waals surface area (Å²) in [4.78, 5) is 18.5. The number of carbonyl (C=O) groups is 1. The van der Waals surface area contributed by atoms with Crippen LogP contribution in [0.1, 0.15) is 11.1 Å². The zero-order valence-corrected chi connectivity index (χ0v) is 14.6. The molecule has 2 atom stereocenters. The fraction of sp³-hybridized carbons (Fsp3) is 0.400. The lowest BCUT2D eigenvalue weighted by Gasteiger charge is -2.21. The second-order valence-electron chi connectivity index (χ2n) is 6.69. The van der Waals surface area contributed by atoms with Crippen LogP contribution in [0.2, 0.25) is 0 Å². The lowest BCUT2D eigenvalue weighted by molar-refractivity contribution is -0.123. The molecule has 0 radical (unpaired) electrons. The van der Waals surface area contributed by atoms with Gasteiger partial charge in [0, 0.05) is 24.9 Å². The zero-order chi connectivity index (χ0) is 17.5. The van der Waals surface area contributed by atoms with Gasteiger partial charge >= 0.3 is 0 Å². The van der Waals surface area contributed by atoms with Crippen molar-refractivity contribution in [2.24, 2.45) is 5.92 Å². The standard InChI is InChI=1S/C20H25N3O2/c1-23(12-17-5-3-2-4-6-17)13-20(24)22-19-15-25-14-18(19)11-16-7-9-21-10-8-16/h2-10,18-19H,11-15H2,1H3,(H,22,24). The number of carbonyl (C=O) groups excluding carboxylic acids is 1. The van der Waals surface area contributed by atoms with Gasteiger partial charge in [-0.25, -0.2) is 0 Å². The van der Waals surface area contributed by atoms with Gasteiger partial charge in [0.25, 0.3) is 0 Å². The molecule has 2 heterocycles. The second-order valence-corrected chi connectivity index (χ2v) is 6.69. The quantitative estimate of drug-likeness (QED) is 0.837. The number of ether oxygens (including phenoxy) is 1. The summed E-state index contributed by atoms with van der Waals surface area (Å²) in [7, 11) is 1.96. The molecular formula is C20H25N3O2. The van der Waals surface area contributed by atoms with Gasteiger partial charge in [0.15, 0.2) is 0 Å². The number of likely N-dealkylation sites (N-methyl/N-ethyl adjacent to an activating group) is 1. The van der Waals surface area contributed by atoms with Gasteiger partial charge in [0.2, 0.25) is 5.91 Å². The Balaban J connectivity index is 1.48. The van der Waals surface area contributed by atoms with E-state index in [0.29, 0.717) is 25.7 Å². The lowest BCUT2D eigenvalue weighted by atomic mass is 9.95. The third-order valence-electron chi connectivity index (χ3n) is 4.50. The van der Waals surface area contributed by atoms with Crippen LogP contribution < -0.4 is 5.32 Å². The molecular weight excluding hydrogens is 314 g/mol. The van der Waals surface area contributed by atoms with Gasteiger partial charge in [-0.2, -0.15) is 0 Å². The summed E-state index contributed by atoms with van der Waals surface area (Å²) >= 11 is 0. The first-order valence-corrected chi connectivity index (χ1v) is 8.69. The minimum atomic E-state index is 0.0497. The Morgan fingerprint density at radius 3 is 2.68 bits per heavy atom. The maximum absolute atomic E-state index is 12.4. The Morgan fingerprint density at radius 1 is 1.16 bits per heavy atom. The van der Waals surface area contributed by atoms with E-state index in [2.05, 4.69) is 22.4 Å². The van der Waals surface area contributed by atoms with Crippen LogP contribution in [0.15, 0.2) is 54.9 Å². The van der Waals surface area contributed by atoms with Crippen molar-refractivity contribution in [3.63, 3.8) is 0 Å². The fourth-order valence-electron chi connectivity index (χ4n) is 3.23. The first-order chi connectivity index (χ1) is 12.2. The first-order valence-electron chi connectivity index (χ1n) is 8.69. The Kier molecular flexibility index (Phi) is 6.14. The molecule has 25 heavy (non-hydrogen) atoms. The number of amides is 1. The summed E-state index contributed by atoms with van der Waals surface area (Å²) in [6, 6.07) is 14.3. The van der Waals surface area contributed by atoms with Crippen LogP contribution in [-0.2, 0) is 22.5 Å². The van der Waals surface area contributed by atoms with Gasteiger partial charge in [0.05, 0.1) is 25.8 Å². The molecule has 1 aliphatic rings. The molecule has 1 amide bonds. The molecule has 0 spiro atoms. The number of aromatic nitrogens is 1. The van der Waals surface area contributed by atoms with Crippen LogP contribution in [0.4, 0.5) is 0 Å². The zero-order valence-electron chi connectivity index (χ0n) is 14.6. The van der Waals surface area contributed by atoms with E-state index in [-0.39, 0.29) is 11.9 Å². The molecule has 1 fully saturated rings. The van der Waals surface area contributed by atoms with Crippen LogP contribution in [0.5, 0.6) is 0 Å². The van der Waals surface area contributed by atoms with Gasteiger partial charge in [-0.1, -0.05) is 30.3 Å². The maximum atomic E-state index is 12.4. The summed E-state index contributed by atoms with van der Waals surface area (Å²) in [6.45, 7) is 2.42. The summed E-state index contributed by atoms with van der Waals surface area (Å²) < 4.78 is 5.60. The molecule has 5 heteroatoms. The molecule has 0 aliphatic carbocycles. The Hall–Kier alpha value is -2.24. The van der Waals surface area contributed by atoms with E-state index in [1.165, 1.54) is 11.1 Å². The van der Waals surface area contributed by atoms with Crippen molar-refractivity contribution in [3.8, 4) is 0 Å². The number of benzene rings is 1. The molecule has 1 aliphatic heterocycles. The van der Waals surface area contributed by atoms with E-state index in [1.54, 1.807) is 12.4 Å². The Morgan fingerprint density at radius 2 is 1.92 bits per heavy atom. The van der Waals surface area contributed by atoms with E-state index >= 15 is 0 Å². The SMILES string of the molecule is CN(CC(=O)NC1COCC1Cc1ccncc1)Cc1ccccc1. The number of nitrogens with one attached hydrogen (secondary N) is 1. The van der Waals surface area contributed by atoms with Crippen molar-refractivity contribution >= 4 is 5.91 Å². The number of pyridine rings is 1. The lowest BCUT2D eigenvalue weighted by Crippen LogP contribution is -2.44. The molecule has 1 aromatic heterocycles. The van der Waals surface area contributed by atoms with Crippen LogP contribution >= 0.6 is 0 Å². The first kappa shape index (κ1) is 17.6. The highest BCUT2D eigenvalue weighted by Gasteiger charge is 2.29. The van der Waals surface area contributed by atoms with Crippen LogP contribution in [0.3, 0.4) is 0 Å². The average molecular weight is 339 g/mol. The van der Waals surface area contributed by atoms with Crippen molar-refractivity contribution < 1.29 is 9.53 Å². The van der Waals surface area contributed by atoms with E-state index in [0.717, 1.165) is 13.0 Å². The van der Waals surface area contributed by atoms with Gasteiger partial charge in [-0.05, 0) is 36.7 Å². The smallest absolute Gasteiger partial charge is 0.234 e. The summed E-state index contributed by atoms with van der Waals surface area (Å²) in [6.07, 6.45) is 4.50. The highest BCUT2D eigenvalue weighted by molar-refractivity contribution is 5.78. The number of nitrogens with zero attached hydrogens (tertiary/aromatic N) is 2. The van der Waals surface area contributed by atoms with Crippen LogP contribution in [0.25, 0.3) is 0 Å². The Bertz CT molecular complexity index is 663. The van der Waals surface area contributed by atoms with Gasteiger partial charge < -0.3 is 10.1 Å². The molecule has 5 nitrogen and oxygen atoms in total. The van der Waals surface area contributed by atoms with Crippen molar-refractivity contribution in [1.29, 1.82) is 0 Å². The predicted molar refractivity (Wildman–Crippen MR) is 97.0 cm³/mol. The minimum absolute atomic E-state index is 0.0497. The number of hydrogen-bond donors (Lipinski definition) is 1. The van der Waals surface area contributed by atoms with Crippen LogP contribution in [0, 0.1) is 5.92 Å². The minimum Gasteiger partial charge on any atom is -0.379 e. The molecule has 132 valence electrons. The number of rotatable bonds is 7. The van der Waals surface area contributed by atoms with Crippen molar-refractivity contribution in [3.05, 3.63) is 66.0 Å². The summed E-state index contributed by atoms with van der Waals surface area (Å²) in [5, 5.41) is 3.14. The molecule has 1 N–H and O–H groups in total. The summed E-state index contributed by atoms with van der Waals surface area (Å²) in [5.41, 5.74) is 2.43. The van der Waals surface area contributed by atoms with E-state index in [1.807, 2.05) is 42.3 Å². The van der Waals surface area contributed by atoms with Crippen molar-refractivity contribution in [2.45, 2.75) is 19.0 Å². The van der Waals surface area contributed by atoms with Gasteiger partial charge in [0.1, 0.15) is 0 Å². The third kappa shape index (κ3) is 5.37. The normalized spacial score (nSPS) is 19.9. The highest BCUT2D eigenvalue weighted by atomic mass is 16.5. The van der Waals surface area contributed by atoms with E-state index in [4.69, 9.17) is 4.74 Å². The molecule has 0 bridgehead atoms. The molecule has 2 unspecified atom stereocenters. The predicted octanol–water partition coefficient (Wildman–Crippen LogP) is 1.89. The molecule has 1 saturated heterocycles. The molecule has 2 aromatic rings. The maximum Gasteiger partial charge on any atom is 0.234 e. The molecule has 0 saturated carbocycles. The second kappa shape index (κ2) is 8.74. The van der Waals surface area contributed by atoms with Gasteiger partial charge in [-0.3, -0.25) is 14.7 Å². The molecule has 3 rings (SSSR count). The van der Waals surface area contributed by atoms with E-state index < -0.39 is 0 Å².